The van der Waals surface area contributed by atoms with Gasteiger partial charge in [0.2, 0.25) is 5.91 Å². The first-order valence-electron chi connectivity index (χ1n) is 6.54. The molecule has 0 aliphatic carbocycles. The molecule has 0 bridgehead atoms. The summed E-state index contributed by atoms with van der Waals surface area (Å²) in [5, 5.41) is 0. The molecule has 0 radical (unpaired) electrons. The van der Waals surface area contributed by atoms with E-state index >= 15 is 0 Å². The second-order valence-corrected chi connectivity index (χ2v) is 4.93. The zero-order valence-corrected chi connectivity index (χ0v) is 11.1. The zero-order chi connectivity index (χ0) is 15.0. The van der Waals surface area contributed by atoms with E-state index < -0.39 is 17.8 Å². The molecule has 1 heterocycles. The molecule has 1 aliphatic heterocycles. The molecule has 0 saturated heterocycles. The molecule has 5 heteroatoms. The van der Waals surface area contributed by atoms with Crippen LogP contribution < -0.4 is 10.6 Å². The monoisotopic (exact) mass is 284 g/mol. The maximum atomic E-state index is 13.0. The lowest BCUT2D eigenvalue weighted by Crippen LogP contribution is -2.46. The number of carbonyl (C=O) groups excluding carboxylic acids is 2. The minimum absolute atomic E-state index is 0.319. The van der Waals surface area contributed by atoms with Crippen LogP contribution in [0.25, 0.3) is 0 Å². The van der Waals surface area contributed by atoms with Crippen molar-refractivity contribution in [2.24, 2.45) is 5.73 Å². The van der Waals surface area contributed by atoms with Crippen molar-refractivity contribution in [2.75, 3.05) is 4.90 Å². The molecule has 1 atom stereocenters. The largest absolute Gasteiger partial charge is 0.368 e. The molecule has 4 nitrogen and oxygen atoms in total. The van der Waals surface area contributed by atoms with E-state index in [1.165, 1.54) is 29.2 Å². The normalized spacial score (nSPS) is 16.6. The van der Waals surface area contributed by atoms with Crippen LogP contribution >= 0.6 is 0 Å². The lowest BCUT2D eigenvalue weighted by atomic mass is 10.1. The third-order valence-corrected chi connectivity index (χ3v) is 3.61. The van der Waals surface area contributed by atoms with Gasteiger partial charge in [-0.25, -0.2) is 4.39 Å². The van der Waals surface area contributed by atoms with Gasteiger partial charge in [0.1, 0.15) is 11.9 Å². The Morgan fingerprint density at radius 3 is 2.43 bits per heavy atom. The number of fused-ring (bicyclic) bond motifs is 1. The first-order chi connectivity index (χ1) is 10.1. The van der Waals surface area contributed by atoms with E-state index in [1.54, 1.807) is 12.1 Å². The highest BCUT2D eigenvalue weighted by atomic mass is 19.1. The van der Waals surface area contributed by atoms with Gasteiger partial charge in [-0.05, 0) is 35.9 Å². The van der Waals surface area contributed by atoms with Gasteiger partial charge in [-0.3, -0.25) is 14.5 Å². The Balaban J connectivity index is 2.03. The smallest absolute Gasteiger partial charge is 0.259 e. The Labute approximate surface area is 121 Å². The lowest BCUT2D eigenvalue weighted by Gasteiger charge is -2.23. The standard InChI is InChI=1S/C16H13FN2O2/c17-12-7-5-10(6-8-12)16(21)19-13-4-2-1-3-11(13)9-14(19)15(18)20/h1-8,14H,9H2,(H2,18,20). The van der Waals surface area contributed by atoms with Crippen LogP contribution in [-0.2, 0) is 11.2 Å². The van der Waals surface area contributed by atoms with Gasteiger partial charge >= 0.3 is 0 Å². The fourth-order valence-electron chi connectivity index (χ4n) is 2.60. The molecule has 106 valence electrons. The van der Waals surface area contributed by atoms with Crippen molar-refractivity contribution in [3.8, 4) is 0 Å². The van der Waals surface area contributed by atoms with Crippen molar-refractivity contribution in [1.29, 1.82) is 0 Å². The van der Waals surface area contributed by atoms with Gasteiger partial charge in [-0.1, -0.05) is 18.2 Å². The van der Waals surface area contributed by atoms with E-state index in [2.05, 4.69) is 0 Å². The van der Waals surface area contributed by atoms with E-state index in [9.17, 15) is 14.0 Å². The maximum absolute atomic E-state index is 13.0. The van der Waals surface area contributed by atoms with Crippen LogP contribution in [0.4, 0.5) is 10.1 Å². The van der Waals surface area contributed by atoms with E-state index in [-0.39, 0.29) is 5.91 Å². The third-order valence-electron chi connectivity index (χ3n) is 3.61. The minimum atomic E-state index is -0.708. The Morgan fingerprint density at radius 1 is 1.10 bits per heavy atom. The molecule has 2 aromatic carbocycles. The van der Waals surface area contributed by atoms with Crippen LogP contribution in [0.2, 0.25) is 0 Å². The van der Waals surface area contributed by atoms with Gasteiger partial charge in [0.05, 0.1) is 0 Å². The average molecular weight is 284 g/mol. The predicted octanol–water partition coefficient (Wildman–Crippen LogP) is 1.88. The number of nitrogens with two attached hydrogens (primary N) is 1. The molecule has 1 unspecified atom stereocenters. The van der Waals surface area contributed by atoms with Gasteiger partial charge < -0.3 is 5.73 Å². The SMILES string of the molecule is NC(=O)C1Cc2ccccc2N1C(=O)c1ccc(F)cc1. The van der Waals surface area contributed by atoms with E-state index in [1.807, 2.05) is 12.1 Å². The molecule has 0 saturated carbocycles. The highest BCUT2D eigenvalue weighted by molar-refractivity contribution is 6.11. The Bertz CT molecular complexity index is 712. The van der Waals surface area contributed by atoms with Crippen LogP contribution in [0.3, 0.4) is 0 Å². The summed E-state index contributed by atoms with van der Waals surface area (Å²) in [6.45, 7) is 0. The molecule has 2 aromatic rings. The molecule has 0 fully saturated rings. The van der Waals surface area contributed by atoms with Gasteiger partial charge in [0, 0.05) is 17.7 Å². The molecule has 1 aliphatic rings. The molecule has 3 rings (SSSR count). The first-order valence-corrected chi connectivity index (χ1v) is 6.54. The van der Waals surface area contributed by atoms with E-state index in [0.29, 0.717) is 17.7 Å². The van der Waals surface area contributed by atoms with Gasteiger partial charge in [0.15, 0.2) is 0 Å². The van der Waals surface area contributed by atoms with Crippen LogP contribution in [0, 0.1) is 5.82 Å². The summed E-state index contributed by atoms with van der Waals surface area (Å²) in [6.07, 6.45) is 0.401. The lowest BCUT2D eigenvalue weighted by molar-refractivity contribution is -0.119. The number of amides is 2. The molecular weight excluding hydrogens is 271 g/mol. The number of primary amides is 1. The molecule has 0 spiro atoms. The molecule has 2 amide bonds. The van der Waals surface area contributed by atoms with Crippen molar-refractivity contribution >= 4 is 17.5 Å². The fraction of sp³-hybridized carbons (Fsp3) is 0.125. The summed E-state index contributed by atoms with van der Waals surface area (Å²) in [5.74, 6) is -1.33. The third kappa shape index (κ3) is 2.27. The van der Waals surface area contributed by atoms with Gasteiger partial charge in [-0.2, -0.15) is 0 Å². The first kappa shape index (κ1) is 13.3. The van der Waals surface area contributed by atoms with Crippen molar-refractivity contribution in [3.05, 3.63) is 65.5 Å². The Hall–Kier alpha value is -2.69. The number of carbonyl (C=O) groups is 2. The second kappa shape index (κ2) is 5.01. The van der Waals surface area contributed by atoms with Gasteiger partial charge in [0.25, 0.3) is 5.91 Å². The summed E-state index contributed by atoms with van der Waals surface area (Å²) < 4.78 is 13.0. The van der Waals surface area contributed by atoms with E-state index in [0.717, 1.165) is 5.56 Å². The van der Waals surface area contributed by atoms with Crippen molar-refractivity contribution in [2.45, 2.75) is 12.5 Å². The molecule has 21 heavy (non-hydrogen) atoms. The molecular formula is C16H13FN2O2. The summed E-state index contributed by atoms with van der Waals surface area (Å²) in [7, 11) is 0. The zero-order valence-electron chi connectivity index (χ0n) is 11.1. The van der Waals surface area contributed by atoms with Crippen LogP contribution in [0.1, 0.15) is 15.9 Å². The van der Waals surface area contributed by atoms with Crippen LogP contribution in [-0.4, -0.2) is 17.9 Å². The summed E-state index contributed by atoms with van der Waals surface area (Å²) >= 11 is 0. The predicted molar refractivity (Wildman–Crippen MR) is 76.3 cm³/mol. The quantitative estimate of drug-likeness (QED) is 0.915. The minimum Gasteiger partial charge on any atom is -0.368 e. The van der Waals surface area contributed by atoms with E-state index in [4.69, 9.17) is 5.73 Å². The molecule has 2 N–H and O–H groups in total. The maximum Gasteiger partial charge on any atom is 0.259 e. The number of para-hydroxylation sites is 1. The number of rotatable bonds is 2. The number of hydrogen-bond donors (Lipinski definition) is 1. The van der Waals surface area contributed by atoms with Crippen molar-refractivity contribution in [3.63, 3.8) is 0 Å². The summed E-state index contributed by atoms with van der Waals surface area (Å²) in [4.78, 5) is 25.7. The molecule has 0 aromatic heterocycles. The Morgan fingerprint density at radius 2 is 1.76 bits per heavy atom. The number of halogens is 1. The number of benzene rings is 2. The van der Waals surface area contributed by atoms with Crippen LogP contribution in [0.5, 0.6) is 0 Å². The highest BCUT2D eigenvalue weighted by Gasteiger charge is 2.37. The topological polar surface area (TPSA) is 63.4 Å². The van der Waals surface area contributed by atoms with Gasteiger partial charge in [-0.15, -0.1) is 0 Å². The number of nitrogens with zero attached hydrogens (tertiary/aromatic N) is 1. The number of anilines is 1. The highest BCUT2D eigenvalue weighted by Crippen LogP contribution is 2.33. The fourth-order valence-corrected chi connectivity index (χ4v) is 2.60. The summed E-state index contributed by atoms with van der Waals surface area (Å²) in [5.41, 5.74) is 7.31. The number of hydrogen-bond acceptors (Lipinski definition) is 2. The van der Waals surface area contributed by atoms with Crippen molar-refractivity contribution < 1.29 is 14.0 Å². The second-order valence-electron chi connectivity index (χ2n) is 4.93. The van der Waals surface area contributed by atoms with Crippen LogP contribution in [0.15, 0.2) is 48.5 Å². The van der Waals surface area contributed by atoms with Crippen molar-refractivity contribution in [1.82, 2.24) is 0 Å². The Kier molecular flexibility index (Phi) is 3.17. The summed E-state index contributed by atoms with van der Waals surface area (Å²) in [6, 6.07) is 11.8. The average Bonchev–Trinajstić information content (AvgIpc) is 2.87.